The zero-order valence-corrected chi connectivity index (χ0v) is 36.3. The second-order valence-corrected chi connectivity index (χ2v) is 20.6. The molecule has 5 aromatic rings. The fourth-order valence-electron chi connectivity index (χ4n) is 7.32. The van der Waals surface area contributed by atoms with Crippen LogP contribution in [0.2, 0.25) is 0 Å². The van der Waals surface area contributed by atoms with E-state index in [2.05, 4.69) is 76.3 Å². The molecule has 0 nitrogen and oxygen atoms in total. The fourth-order valence-corrected chi connectivity index (χ4v) is 13.2. The van der Waals surface area contributed by atoms with Gasteiger partial charge in [0, 0.05) is 48.1 Å². The van der Waals surface area contributed by atoms with E-state index in [0.29, 0.717) is 0 Å². The third kappa shape index (κ3) is 13.1. The van der Waals surface area contributed by atoms with E-state index in [-0.39, 0.29) is 0 Å². The molecule has 0 fully saturated rings. The standard InChI is InChI=1S/C46H64S5/c1-5-7-9-11-13-15-17-19-21-23-25-39-41(50-43-33-35(3)47-45(39)43)31-29-37-27-28-38(49-37)30-32-42-40(46-44(51-42)34-36(4)48-46)26-24-22-20-18-16-14-12-10-8-6-2/h27-34H,5-26H2,1-4H3/b31-29+,32-30+. The Bertz CT molecular complexity index is 1630. The maximum atomic E-state index is 2.41. The van der Waals surface area contributed by atoms with E-state index in [9.17, 15) is 0 Å². The second kappa shape index (κ2) is 22.7. The smallest absolute Gasteiger partial charge is 0.0491 e. The van der Waals surface area contributed by atoms with E-state index < -0.39 is 0 Å². The number of hydrogen-bond donors (Lipinski definition) is 0. The molecule has 0 aliphatic rings. The molecule has 0 aliphatic carbocycles. The second-order valence-electron chi connectivity index (χ2n) is 14.8. The lowest BCUT2D eigenvalue weighted by Crippen LogP contribution is -1.87. The Morgan fingerprint density at radius 3 is 1.14 bits per heavy atom. The van der Waals surface area contributed by atoms with Gasteiger partial charge in [0.1, 0.15) is 0 Å². The Kier molecular flexibility index (Phi) is 18.1. The molecule has 5 aromatic heterocycles. The van der Waals surface area contributed by atoms with Crippen molar-refractivity contribution in [2.45, 2.75) is 169 Å². The number of thiophene rings is 5. The van der Waals surface area contributed by atoms with E-state index in [1.807, 2.05) is 56.7 Å². The molecule has 0 aliphatic heterocycles. The van der Waals surface area contributed by atoms with Crippen molar-refractivity contribution in [3.8, 4) is 0 Å². The summed E-state index contributed by atoms with van der Waals surface area (Å²) >= 11 is 9.91. The van der Waals surface area contributed by atoms with Crippen LogP contribution in [-0.2, 0) is 12.8 Å². The monoisotopic (exact) mass is 776 g/mol. The Morgan fingerprint density at radius 1 is 0.412 bits per heavy atom. The summed E-state index contributed by atoms with van der Waals surface area (Å²) in [5, 5.41) is 0. The summed E-state index contributed by atoms with van der Waals surface area (Å²) < 4.78 is 6.05. The third-order valence-corrected chi connectivity index (χ3v) is 16.0. The van der Waals surface area contributed by atoms with Crippen molar-refractivity contribution >= 4 is 99.8 Å². The average Bonchev–Trinajstić information content (AvgIpc) is 3.93. The van der Waals surface area contributed by atoms with Crippen molar-refractivity contribution in [3.05, 3.63) is 64.7 Å². The van der Waals surface area contributed by atoms with Crippen molar-refractivity contribution < 1.29 is 0 Å². The first kappa shape index (κ1) is 40.7. The maximum absolute atomic E-state index is 2.41. The van der Waals surface area contributed by atoms with Gasteiger partial charge >= 0.3 is 0 Å². The van der Waals surface area contributed by atoms with Gasteiger partial charge < -0.3 is 0 Å². The molecule has 5 rings (SSSR count). The van der Waals surface area contributed by atoms with Crippen LogP contribution in [0.5, 0.6) is 0 Å². The zero-order chi connectivity index (χ0) is 35.7. The van der Waals surface area contributed by atoms with Crippen molar-refractivity contribution in [3.63, 3.8) is 0 Å². The van der Waals surface area contributed by atoms with Gasteiger partial charge in [-0.2, -0.15) is 0 Å². The van der Waals surface area contributed by atoms with Crippen molar-refractivity contribution in [1.82, 2.24) is 0 Å². The number of fused-ring (bicyclic) bond motifs is 2. The summed E-state index contributed by atoms with van der Waals surface area (Å²) in [7, 11) is 0. The molecule has 0 N–H and O–H groups in total. The molecule has 51 heavy (non-hydrogen) atoms. The quantitative estimate of drug-likeness (QED) is 0.0491. The largest absolute Gasteiger partial charge is 0.139 e. The Balaban J connectivity index is 1.14. The molecule has 0 amide bonds. The number of unbranched alkanes of at least 4 members (excludes halogenated alkanes) is 18. The molecule has 0 radical (unpaired) electrons. The summed E-state index contributed by atoms with van der Waals surface area (Å²) in [4.78, 5) is 8.53. The Labute approximate surface area is 331 Å². The van der Waals surface area contributed by atoms with E-state index in [4.69, 9.17) is 0 Å². The molecule has 5 heteroatoms. The first-order chi connectivity index (χ1) is 25.1. The molecule has 0 spiro atoms. The molecule has 278 valence electrons. The van der Waals surface area contributed by atoms with Crippen LogP contribution in [0.25, 0.3) is 43.1 Å². The minimum absolute atomic E-state index is 1.22. The lowest BCUT2D eigenvalue weighted by molar-refractivity contribution is 0.556. The molecular formula is C46H64S5. The minimum atomic E-state index is 1.22. The van der Waals surface area contributed by atoms with E-state index in [1.165, 1.54) is 180 Å². The third-order valence-electron chi connectivity index (χ3n) is 10.2. The van der Waals surface area contributed by atoms with Gasteiger partial charge in [-0.05, 0) is 99.2 Å². The summed E-state index contributed by atoms with van der Waals surface area (Å²) in [6.45, 7) is 9.14. The van der Waals surface area contributed by atoms with Crippen LogP contribution in [0.1, 0.15) is 183 Å². The highest BCUT2D eigenvalue weighted by molar-refractivity contribution is 7.29. The van der Waals surface area contributed by atoms with Gasteiger partial charge in [-0.25, -0.2) is 0 Å². The molecule has 0 saturated heterocycles. The predicted octanol–water partition coefficient (Wildman–Crippen LogP) is 18.2. The Hall–Kier alpha value is -1.50. The molecule has 0 bridgehead atoms. The highest BCUT2D eigenvalue weighted by atomic mass is 32.1. The predicted molar refractivity (Wildman–Crippen MR) is 242 cm³/mol. The average molecular weight is 777 g/mol. The van der Waals surface area contributed by atoms with Crippen LogP contribution in [-0.4, -0.2) is 0 Å². The molecule has 0 unspecified atom stereocenters. The van der Waals surface area contributed by atoms with Crippen molar-refractivity contribution in [2.24, 2.45) is 0 Å². The lowest BCUT2D eigenvalue weighted by Gasteiger charge is -2.04. The molecule has 0 aromatic carbocycles. The highest BCUT2D eigenvalue weighted by Crippen LogP contribution is 2.41. The van der Waals surface area contributed by atoms with Gasteiger partial charge in [0.15, 0.2) is 0 Å². The summed E-state index contributed by atoms with van der Waals surface area (Å²) in [5.41, 5.74) is 3.20. The maximum Gasteiger partial charge on any atom is 0.0491 e. The number of aryl methyl sites for hydroxylation is 4. The lowest BCUT2D eigenvalue weighted by atomic mass is 10.0. The van der Waals surface area contributed by atoms with Crippen LogP contribution < -0.4 is 0 Å². The summed E-state index contributed by atoms with van der Waals surface area (Å²) in [6, 6.07) is 9.42. The van der Waals surface area contributed by atoms with Crippen molar-refractivity contribution in [1.29, 1.82) is 0 Å². The van der Waals surface area contributed by atoms with Gasteiger partial charge in [0.05, 0.1) is 0 Å². The summed E-state index contributed by atoms with van der Waals surface area (Å²) in [6.07, 6.45) is 39.9. The van der Waals surface area contributed by atoms with E-state index >= 15 is 0 Å². The van der Waals surface area contributed by atoms with Gasteiger partial charge in [-0.1, -0.05) is 129 Å². The minimum Gasteiger partial charge on any atom is -0.139 e. The van der Waals surface area contributed by atoms with Gasteiger partial charge in [0.2, 0.25) is 0 Å². The Morgan fingerprint density at radius 2 is 0.765 bits per heavy atom. The molecule has 0 saturated carbocycles. The molecule has 5 heterocycles. The normalized spacial score (nSPS) is 12.3. The fraction of sp³-hybridized carbons (Fsp3) is 0.565. The van der Waals surface area contributed by atoms with E-state index in [1.54, 1.807) is 20.5 Å². The van der Waals surface area contributed by atoms with Crippen LogP contribution in [0.3, 0.4) is 0 Å². The molecular weight excluding hydrogens is 713 g/mol. The summed E-state index contributed by atoms with van der Waals surface area (Å²) in [5.74, 6) is 0. The van der Waals surface area contributed by atoms with Crippen LogP contribution in [0, 0.1) is 13.8 Å². The van der Waals surface area contributed by atoms with Crippen molar-refractivity contribution in [2.75, 3.05) is 0 Å². The highest BCUT2D eigenvalue weighted by Gasteiger charge is 2.14. The number of rotatable bonds is 26. The molecule has 0 atom stereocenters. The first-order valence-electron chi connectivity index (χ1n) is 20.5. The van der Waals surface area contributed by atoms with Crippen LogP contribution in [0.4, 0.5) is 0 Å². The van der Waals surface area contributed by atoms with Gasteiger partial charge in [-0.3, -0.25) is 0 Å². The number of hydrogen-bond acceptors (Lipinski definition) is 5. The van der Waals surface area contributed by atoms with Crippen LogP contribution in [0.15, 0.2) is 24.3 Å². The SMILES string of the molecule is CCCCCCCCCCCCc1c(/C=C/c2ccc(/C=C/c3sc4cc(C)sc4c3CCCCCCCCCCCC)s2)sc2cc(C)sc12. The first-order valence-corrected chi connectivity index (χ1v) is 24.6. The van der Waals surface area contributed by atoms with Gasteiger partial charge in [0.25, 0.3) is 0 Å². The van der Waals surface area contributed by atoms with Crippen LogP contribution >= 0.6 is 56.7 Å². The topological polar surface area (TPSA) is 0 Å². The van der Waals surface area contributed by atoms with Gasteiger partial charge in [-0.15, -0.1) is 56.7 Å². The zero-order valence-electron chi connectivity index (χ0n) is 32.2. The van der Waals surface area contributed by atoms with E-state index in [0.717, 1.165) is 0 Å².